The second-order valence-corrected chi connectivity index (χ2v) is 7.63. The minimum Gasteiger partial charge on any atom is -0.342 e. The van der Waals surface area contributed by atoms with E-state index in [4.69, 9.17) is 0 Å². The van der Waals surface area contributed by atoms with Crippen LogP contribution in [0.4, 0.5) is 10.1 Å². The highest BCUT2D eigenvalue weighted by molar-refractivity contribution is 5.93. The quantitative estimate of drug-likeness (QED) is 0.682. The molecule has 1 atom stereocenters. The van der Waals surface area contributed by atoms with Gasteiger partial charge in [0.15, 0.2) is 5.82 Å². The number of anilines is 1. The zero-order valence-electron chi connectivity index (χ0n) is 17.2. The molecule has 160 valence electrons. The number of rotatable bonds is 5. The third kappa shape index (κ3) is 4.76. The summed E-state index contributed by atoms with van der Waals surface area (Å²) in [6, 6.07) is 13.8. The molecule has 0 spiro atoms. The van der Waals surface area contributed by atoms with E-state index in [1.165, 1.54) is 22.9 Å². The molecular weight excluding hydrogens is 399 g/mol. The number of aryl methyl sites for hydroxylation is 1. The molecule has 31 heavy (non-hydrogen) atoms. The molecule has 4 rings (SSSR count). The first-order valence-electron chi connectivity index (χ1n) is 10.2. The number of likely N-dealkylation sites (tertiary alicyclic amines) is 1. The number of carbonyl (C=O) groups is 2. The van der Waals surface area contributed by atoms with E-state index in [2.05, 4.69) is 20.8 Å². The Bertz CT molecular complexity index is 1080. The largest absolute Gasteiger partial charge is 0.342 e. The lowest BCUT2D eigenvalue weighted by Crippen LogP contribution is -2.44. The van der Waals surface area contributed by atoms with Crippen molar-refractivity contribution in [2.24, 2.45) is 5.92 Å². The van der Waals surface area contributed by atoms with Crippen molar-refractivity contribution in [3.63, 3.8) is 0 Å². The second kappa shape index (κ2) is 9.03. The predicted molar refractivity (Wildman–Crippen MR) is 112 cm³/mol. The molecule has 1 aromatic heterocycles. The number of hydrogen-bond donors (Lipinski definition) is 1. The summed E-state index contributed by atoms with van der Waals surface area (Å²) in [7, 11) is 0. The molecule has 2 aromatic carbocycles. The highest BCUT2D eigenvalue weighted by atomic mass is 19.1. The highest BCUT2D eigenvalue weighted by Crippen LogP contribution is 2.22. The third-order valence-corrected chi connectivity index (χ3v) is 5.41. The maximum Gasteiger partial charge on any atom is 0.229 e. The Morgan fingerprint density at radius 1 is 1.19 bits per heavy atom. The summed E-state index contributed by atoms with van der Waals surface area (Å²) in [6.07, 6.45) is 1.78. The standard InChI is InChI=1S/C22H23FN6O2/c1-15-25-26-27-29(15)20-13-18(9-10-19(20)23)24-22(31)17-8-5-11-28(14-17)21(30)12-16-6-3-2-4-7-16/h2-4,6-7,9-10,13,17H,5,8,11-12,14H2,1H3,(H,24,31). The Hall–Kier alpha value is -3.62. The third-order valence-electron chi connectivity index (χ3n) is 5.41. The first-order valence-corrected chi connectivity index (χ1v) is 10.2. The second-order valence-electron chi connectivity index (χ2n) is 7.63. The minimum atomic E-state index is -0.497. The van der Waals surface area contributed by atoms with E-state index in [1.54, 1.807) is 11.8 Å². The fourth-order valence-corrected chi connectivity index (χ4v) is 3.75. The number of tetrazole rings is 1. The molecule has 0 radical (unpaired) electrons. The normalized spacial score (nSPS) is 16.2. The highest BCUT2D eigenvalue weighted by Gasteiger charge is 2.28. The van der Waals surface area contributed by atoms with E-state index in [9.17, 15) is 14.0 Å². The molecule has 8 nitrogen and oxygen atoms in total. The lowest BCUT2D eigenvalue weighted by Gasteiger charge is -2.32. The Kier molecular flexibility index (Phi) is 6.01. The van der Waals surface area contributed by atoms with Crippen molar-refractivity contribution in [3.05, 3.63) is 65.7 Å². The maximum atomic E-state index is 14.3. The van der Waals surface area contributed by atoms with Crippen molar-refractivity contribution < 1.29 is 14.0 Å². The summed E-state index contributed by atoms with van der Waals surface area (Å²) >= 11 is 0. The number of nitrogens with one attached hydrogen (secondary N) is 1. The van der Waals surface area contributed by atoms with Gasteiger partial charge in [-0.3, -0.25) is 9.59 Å². The Morgan fingerprint density at radius 2 is 2.00 bits per heavy atom. The number of halogens is 1. The van der Waals surface area contributed by atoms with Crippen LogP contribution in [-0.2, 0) is 16.0 Å². The average Bonchev–Trinajstić information content (AvgIpc) is 3.21. The van der Waals surface area contributed by atoms with Crippen molar-refractivity contribution in [1.29, 1.82) is 0 Å². The van der Waals surface area contributed by atoms with Gasteiger partial charge in [0.2, 0.25) is 11.8 Å². The number of nitrogens with zero attached hydrogens (tertiary/aromatic N) is 5. The van der Waals surface area contributed by atoms with Gasteiger partial charge in [-0.15, -0.1) is 5.10 Å². The average molecular weight is 422 g/mol. The van der Waals surface area contributed by atoms with Crippen LogP contribution in [-0.4, -0.2) is 50.0 Å². The van der Waals surface area contributed by atoms with Gasteiger partial charge in [0.25, 0.3) is 0 Å². The van der Waals surface area contributed by atoms with Gasteiger partial charge in [-0.05, 0) is 54.0 Å². The van der Waals surface area contributed by atoms with Crippen LogP contribution < -0.4 is 5.32 Å². The van der Waals surface area contributed by atoms with Gasteiger partial charge >= 0.3 is 0 Å². The SMILES string of the molecule is Cc1nnnn1-c1cc(NC(=O)C2CCCN(C(=O)Cc3ccccc3)C2)ccc1F. The zero-order valence-corrected chi connectivity index (χ0v) is 17.2. The first kappa shape index (κ1) is 20.6. The van der Waals surface area contributed by atoms with E-state index in [0.717, 1.165) is 12.0 Å². The summed E-state index contributed by atoms with van der Waals surface area (Å²) in [6.45, 7) is 2.68. The van der Waals surface area contributed by atoms with E-state index >= 15 is 0 Å². The molecule has 0 saturated carbocycles. The molecule has 1 N–H and O–H groups in total. The summed E-state index contributed by atoms with van der Waals surface area (Å²) in [4.78, 5) is 27.3. The molecule has 3 aromatic rings. The van der Waals surface area contributed by atoms with Gasteiger partial charge in [0.05, 0.1) is 12.3 Å². The summed E-state index contributed by atoms with van der Waals surface area (Å²) in [5, 5.41) is 13.9. The lowest BCUT2D eigenvalue weighted by molar-refractivity contribution is -0.133. The lowest BCUT2D eigenvalue weighted by atomic mass is 9.96. The smallest absolute Gasteiger partial charge is 0.229 e. The summed E-state index contributed by atoms with van der Waals surface area (Å²) in [5.74, 6) is -0.562. The maximum absolute atomic E-state index is 14.3. The summed E-state index contributed by atoms with van der Waals surface area (Å²) < 4.78 is 15.5. The molecule has 2 heterocycles. The van der Waals surface area contributed by atoms with Gasteiger partial charge < -0.3 is 10.2 Å². The molecule has 9 heteroatoms. The number of hydrogen-bond acceptors (Lipinski definition) is 5. The van der Waals surface area contributed by atoms with Crippen molar-refractivity contribution >= 4 is 17.5 Å². The van der Waals surface area contributed by atoms with Gasteiger partial charge in [-0.2, -0.15) is 4.68 Å². The van der Waals surface area contributed by atoms with Gasteiger partial charge in [0, 0.05) is 18.8 Å². The first-order chi connectivity index (χ1) is 15.0. The Balaban J connectivity index is 1.42. The van der Waals surface area contributed by atoms with Crippen molar-refractivity contribution in [2.45, 2.75) is 26.2 Å². The summed E-state index contributed by atoms with van der Waals surface area (Å²) in [5.41, 5.74) is 1.56. The van der Waals surface area contributed by atoms with Crippen LogP contribution in [0.5, 0.6) is 0 Å². The molecule has 2 amide bonds. The topological polar surface area (TPSA) is 93.0 Å². The number of aromatic nitrogens is 4. The van der Waals surface area contributed by atoms with Crippen LogP contribution in [0.2, 0.25) is 0 Å². The number of amides is 2. The van der Waals surface area contributed by atoms with Gasteiger partial charge in [-0.25, -0.2) is 4.39 Å². The molecule has 1 fully saturated rings. The number of piperidine rings is 1. The molecule has 1 unspecified atom stereocenters. The van der Waals surface area contributed by atoms with Crippen molar-refractivity contribution in [2.75, 3.05) is 18.4 Å². The monoisotopic (exact) mass is 422 g/mol. The number of benzene rings is 2. The molecule has 0 aliphatic carbocycles. The van der Waals surface area contributed by atoms with E-state index in [0.29, 0.717) is 37.4 Å². The van der Waals surface area contributed by atoms with Crippen LogP contribution in [0, 0.1) is 18.7 Å². The zero-order chi connectivity index (χ0) is 21.8. The van der Waals surface area contributed by atoms with Crippen molar-refractivity contribution in [3.8, 4) is 5.69 Å². The molecule has 1 saturated heterocycles. The molecular formula is C22H23FN6O2. The van der Waals surface area contributed by atoms with Crippen LogP contribution in [0.1, 0.15) is 24.2 Å². The Labute approximate surface area is 179 Å². The van der Waals surface area contributed by atoms with Gasteiger partial charge in [-0.1, -0.05) is 30.3 Å². The van der Waals surface area contributed by atoms with E-state index < -0.39 is 5.82 Å². The van der Waals surface area contributed by atoms with Crippen LogP contribution >= 0.6 is 0 Å². The van der Waals surface area contributed by atoms with Crippen LogP contribution in [0.25, 0.3) is 5.69 Å². The molecule has 0 bridgehead atoms. The fraction of sp³-hybridized carbons (Fsp3) is 0.318. The fourth-order valence-electron chi connectivity index (χ4n) is 3.75. The van der Waals surface area contributed by atoms with E-state index in [1.807, 2.05) is 30.3 Å². The molecule has 1 aliphatic rings. The number of carbonyl (C=O) groups excluding carboxylic acids is 2. The van der Waals surface area contributed by atoms with E-state index in [-0.39, 0.29) is 23.4 Å². The minimum absolute atomic E-state index is 0.0157. The van der Waals surface area contributed by atoms with Crippen molar-refractivity contribution in [1.82, 2.24) is 25.1 Å². The Morgan fingerprint density at radius 3 is 2.74 bits per heavy atom. The predicted octanol–water partition coefficient (Wildman–Crippen LogP) is 2.53. The van der Waals surface area contributed by atoms with Crippen LogP contribution in [0.3, 0.4) is 0 Å². The van der Waals surface area contributed by atoms with Gasteiger partial charge in [0.1, 0.15) is 11.5 Å². The molecule has 1 aliphatic heterocycles. The van der Waals surface area contributed by atoms with Crippen LogP contribution in [0.15, 0.2) is 48.5 Å².